The van der Waals surface area contributed by atoms with Crippen LogP contribution in [-0.4, -0.2) is 60.3 Å². The molecular weight excluding hydrogens is 234 g/mol. The molecule has 1 N–H and O–H groups in total. The molecular formula is C11H19N5O2. The average Bonchev–Trinajstić information content (AvgIpc) is 2.91. The van der Waals surface area contributed by atoms with E-state index in [1.54, 1.807) is 0 Å². The highest BCUT2D eigenvalue weighted by atomic mass is 16.5. The second-order valence-corrected chi connectivity index (χ2v) is 4.11. The van der Waals surface area contributed by atoms with E-state index < -0.39 is 0 Å². The van der Waals surface area contributed by atoms with Crippen molar-refractivity contribution < 1.29 is 9.47 Å². The van der Waals surface area contributed by atoms with Gasteiger partial charge in [-0.1, -0.05) is 0 Å². The number of hydrogen-bond acceptors (Lipinski definition) is 7. The van der Waals surface area contributed by atoms with Gasteiger partial charge in [0.2, 0.25) is 5.95 Å². The van der Waals surface area contributed by atoms with Crippen molar-refractivity contribution >= 4 is 5.95 Å². The molecule has 1 aliphatic rings. The third kappa shape index (κ3) is 3.43. The summed E-state index contributed by atoms with van der Waals surface area (Å²) in [6.45, 7) is 4.17. The first-order chi connectivity index (χ1) is 8.81. The Labute approximate surface area is 107 Å². The minimum Gasteiger partial charge on any atom is -0.467 e. The van der Waals surface area contributed by atoms with Gasteiger partial charge in [-0.15, -0.1) is 4.98 Å². The molecule has 0 saturated carbocycles. The molecule has 0 atom stereocenters. The van der Waals surface area contributed by atoms with Crippen LogP contribution in [0.5, 0.6) is 12.0 Å². The maximum atomic E-state index is 4.98. The summed E-state index contributed by atoms with van der Waals surface area (Å²) in [6, 6.07) is 0.510. The summed E-state index contributed by atoms with van der Waals surface area (Å²) >= 11 is 0. The molecule has 0 aliphatic carbocycles. The van der Waals surface area contributed by atoms with Crippen molar-refractivity contribution in [2.24, 2.45) is 0 Å². The smallest absolute Gasteiger partial charge is 0.324 e. The molecule has 100 valence electrons. The van der Waals surface area contributed by atoms with Crippen LogP contribution in [0.25, 0.3) is 0 Å². The van der Waals surface area contributed by atoms with Gasteiger partial charge in [-0.3, -0.25) is 0 Å². The van der Waals surface area contributed by atoms with Crippen LogP contribution in [0.3, 0.4) is 0 Å². The minimum absolute atomic E-state index is 0.255. The van der Waals surface area contributed by atoms with Crippen molar-refractivity contribution in [2.45, 2.75) is 12.8 Å². The molecule has 7 heteroatoms. The third-order valence-electron chi connectivity index (χ3n) is 2.87. The van der Waals surface area contributed by atoms with Crippen LogP contribution in [0.15, 0.2) is 0 Å². The van der Waals surface area contributed by atoms with Gasteiger partial charge in [0, 0.05) is 13.1 Å². The highest BCUT2D eigenvalue weighted by Gasteiger charge is 2.11. The summed E-state index contributed by atoms with van der Waals surface area (Å²) in [5.41, 5.74) is 0. The molecule has 0 unspecified atom stereocenters. The summed E-state index contributed by atoms with van der Waals surface area (Å²) in [5, 5.41) is 3.16. The second kappa shape index (κ2) is 6.34. The highest BCUT2D eigenvalue weighted by Crippen LogP contribution is 2.12. The zero-order valence-electron chi connectivity index (χ0n) is 10.8. The van der Waals surface area contributed by atoms with Gasteiger partial charge in [0.05, 0.1) is 14.2 Å². The first kappa shape index (κ1) is 12.8. The predicted octanol–water partition coefficient (Wildman–Crippen LogP) is 0.396. The number of aromatic nitrogens is 3. The van der Waals surface area contributed by atoms with Crippen molar-refractivity contribution in [2.75, 3.05) is 45.7 Å². The topological polar surface area (TPSA) is 72.4 Å². The molecule has 1 fully saturated rings. The van der Waals surface area contributed by atoms with Crippen LogP contribution in [-0.2, 0) is 0 Å². The first-order valence-electron chi connectivity index (χ1n) is 6.12. The number of nitrogens with one attached hydrogen (secondary N) is 1. The van der Waals surface area contributed by atoms with Crippen molar-refractivity contribution in [3.05, 3.63) is 0 Å². The van der Waals surface area contributed by atoms with Gasteiger partial charge < -0.3 is 19.7 Å². The van der Waals surface area contributed by atoms with E-state index >= 15 is 0 Å². The lowest BCUT2D eigenvalue weighted by Gasteiger charge is -2.14. The molecule has 1 saturated heterocycles. The number of nitrogens with zero attached hydrogens (tertiary/aromatic N) is 4. The molecule has 0 amide bonds. The Bertz CT molecular complexity index is 359. The zero-order valence-corrected chi connectivity index (χ0v) is 10.8. The minimum atomic E-state index is 0.255. The van der Waals surface area contributed by atoms with Crippen LogP contribution >= 0.6 is 0 Å². The van der Waals surface area contributed by atoms with Gasteiger partial charge in [-0.2, -0.15) is 9.97 Å². The monoisotopic (exact) mass is 253 g/mol. The van der Waals surface area contributed by atoms with Crippen LogP contribution in [0.1, 0.15) is 12.8 Å². The van der Waals surface area contributed by atoms with Crippen molar-refractivity contribution in [3.8, 4) is 12.0 Å². The van der Waals surface area contributed by atoms with Crippen LogP contribution in [0, 0.1) is 0 Å². The van der Waals surface area contributed by atoms with E-state index in [0.717, 1.165) is 13.1 Å². The summed E-state index contributed by atoms with van der Waals surface area (Å²) in [7, 11) is 3.03. The number of anilines is 1. The molecule has 0 radical (unpaired) electrons. The molecule has 0 bridgehead atoms. The maximum absolute atomic E-state index is 4.98. The number of rotatable bonds is 6. The highest BCUT2D eigenvalue weighted by molar-refractivity contribution is 5.27. The van der Waals surface area contributed by atoms with E-state index in [2.05, 4.69) is 25.2 Å². The predicted molar refractivity (Wildman–Crippen MR) is 67.1 cm³/mol. The van der Waals surface area contributed by atoms with E-state index in [1.165, 1.54) is 40.2 Å². The molecule has 1 aromatic rings. The lowest BCUT2D eigenvalue weighted by Crippen LogP contribution is -2.26. The Balaban J connectivity index is 1.87. The fourth-order valence-electron chi connectivity index (χ4n) is 1.93. The fraction of sp³-hybridized carbons (Fsp3) is 0.727. The Morgan fingerprint density at radius 1 is 1.06 bits per heavy atom. The number of methoxy groups -OCH3 is 2. The number of hydrogen-bond donors (Lipinski definition) is 1. The van der Waals surface area contributed by atoms with Gasteiger partial charge in [0.1, 0.15) is 0 Å². The number of likely N-dealkylation sites (tertiary alicyclic amines) is 1. The van der Waals surface area contributed by atoms with Gasteiger partial charge in [0.25, 0.3) is 0 Å². The Kier molecular flexibility index (Phi) is 4.52. The molecule has 1 aliphatic heterocycles. The van der Waals surface area contributed by atoms with Gasteiger partial charge in [0.15, 0.2) is 0 Å². The maximum Gasteiger partial charge on any atom is 0.324 e. The lowest BCUT2D eigenvalue weighted by molar-refractivity contribution is 0.339. The summed E-state index contributed by atoms with van der Waals surface area (Å²) in [4.78, 5) is 14.6. The van der Waals surface area contributed by atoms with Crippen molar-refractivity contribution in [3.63, 3.8) is 0 Å². The van der Waals surface area contributed by atoms with Crippen LogP contribution in [0.2, 0.25) is 0 Å². The standard InChI is InChI=1S/C11H19N5O2/c1-17-10-13-9(14-11(15-10)18-2)12-5-8-16-6-3-4-7-16/h3-8H2,1-2H3,(H,12,13,14,15). The van der Waals surface area contributed by atoms with Crippen LogP contribution in [0.4, 0.5) is 5.95 Å². The average molecular weight is 253 g/mol. The fourth-order valence-corrected chi connectivity index (χ4v) is 1.93. The summed E-state index contributed by atoms with van der Waals surface area (Å²) < 4.78 is 9.97. The molecule has 2 rings (SSSR count). The van der Waals surface area contributed by atoms with Crippen LogP contribution < -0.4 is 14.8 Å². The lowest BCUT2D eigenvalue weighted by atomic mass is 10.4. The van der Waals surface area contributed by atoms with E-state index in [1.807, 2.05) is 0 Å². The van der Waals surface area contributed by atoms with Crippen molar-refractivity contribution in [1.82, 2.24) is 19.9 Å². The first-order valence-corrected chi connectivity index (χ1v) is 6.12. The van der Waals surface area contributed by atoms with E-state index in [9.17, 15) is 0 Å². The zero-order chi connectivity index (χ0) is 12.8. The Hall–Kier alpha value is -1.63. The molecule has 0 aromatic carbocycles. The Morgan fingerprint density at radius 2 is 1.67 bits per heavy atom. The van der Waals surface area contributed by atoms with Gasteiger partial charge in [-0.05, 0) is 25.9 Å². The molecule has 2 heterocycles. The largest absolute Gasteiger partial charge is 0.467 e. The molecule has 18 heavy (non-hydrogen) atoms. The normalized spacial score (nSPS) is 15.7. The van der Waals surface area contributed by atoms with Crippen molar-refractivity contribution in [1.29, 1.82) is 0 Å². The van der Waals surface area contributed by atoms with Gasteiger partial charge in [-0.25, -0.2) is 0 Å². The van der Waals surface area contributed by atoms with E-state index in [0.29, 0.717) is 5.95 Å². The van der Waals surface area contributed by atoms with E-state index in [-0.39, 0.29) is 12.0 Å². The second-order valence-electron chi connectivity index (χ2n) is 4.11. The summed E-state index contributed by atoms with van der Waals surface area (Å²) in [5.74, 6) is 0.484. The quantitative estimate of drug-likeness (QED) is 0.786. The van der Waals surface area contributed by atoms with Gasteiger partial charge >= 0.3 is 12.0 Å². The van der Waals surface area contributed by atoms with E-state index in [4.69, 9.17) is 9.47 Å². The molecule has 0 spiro atoms. The molecule has 1 aromatic heterocycles. The summed E-state index contributed by atoms with van der Waals surface area (Å²) in [6.07, 6.45) is 2.60. The Morgan fingerprint density at radius 3 is 2.22 bits per heavy atom. The third-order valence-corrected chi connectivity index (χ3v) is 2.87. The SMILES string of the molecule is COc1nc(NCCN2CCCC2)nc(OC)n1. The molecule has 7 nitrogen and oxygen atoms in total. The number of ether oxygens (including phenoxy) is 2.